The maximum atomic E-state index is 6.31. The Kier molecular flexibility index (Phi) is 5.62. The van der Waals surface area contributed by atoms with Crippen molar-refractivity contribution < 1.29 is 4.74 Å². The van der Waals surface area contributed by atoms with Crippen molar-refractivity contribution in [1.29, 1.82) is 0 Å². The molecule has 0 bridgehead atoms. The molecule has 1 fully saturated rings. The van der Waals surface area contributed by atoms with E-state index in [0.29, 0.717) is 6.61 Å². The van der Waals surface area contributed by atoms with Crippen molar-refractivity contribution in [1.82, 2.24) is 14.9 Å². The SMILES string of the molecule is CCOC1(c2ncc(-c3cccnc3)s2)CCN(Cc2ccccc2)CC1. The molecule has 0 radical (unpaired) electrons. The molecule has 1 saturated heterocycles. The van der Waals surface area contributed by atoms with Gasteiger partial charge in [0.15, 0.2) is 0 Å². The van der Waals surface area contributed by atoms with E-state index < -0.39 is 0 Å². The Hall–Kier alpha value is -2.08. The monoisotopic (exact) mass is 379 g/mol. The van der Waals surface area contributed by atoms with Crippen LogP contribution in [0.2, 0.25) is 0 Å². The van der Waals surface area contributed by atoms with Gasteiger partial charge in [0.05, 0.1) is 4.88 Å². The molecule has 1 aliphatic heterocycles. The lowest BCUT2D eigenvalue weighted by Gasteiger charge is -2.40. The number of piperidine rings is 1. The van der Waals surface area contributed by atoms with Gasteiger partial charge in [-0.3, -0.25) is 9.88 Å². The lowest BCUT2D eigenvalue weighted by molar-refractivity contribution is -0.0861. The zero-order chi connectivity index (χ0) is 18.5. The van der Waals surface area contributed by atoms with Crippen LogP contribution in [0.15, 0.2) is 61.1 Å². The van der Waals surface area contributed by atoms with Crippen LogP contribution in [0.5, 0.6) is 0 Å². The van der Waals surface area contributed by atoms with Crippen molar-refractivity contribution in [3.05, 3.63) is 71.6 Å². The summed E-state index contributed by atoms with van der Waals surface area (Å²) in [5.74, 6) is 0. The zero-order valence-corrected chi connectivity index (χ0v) is 16.5. The van der Waals surface area contributed by atoms with E-state index in [1.807, 2.05) is 18.5 Å². The standard InChI is InChI=1S/C22H25N3OS/c1-2-26-22(21-24-16-20(27-21)19-9-6-12-23-15-19)10-13-25(14-11-22)17-18-7-4-3-5-8-18/h3-9,12,15-16H,2,10-11,13-14,17H2,1H3. The number of rotatable bonds is 6. The first-order chi connectivity index (χ1) is 13.3. The van der Waals surface area contributed by atoms with E-state index in [1.165, 1.54) is 5.56 Å². The number of ether oxygens (including phenoxy) is 1. The molecule has 5 heteroatoms. The molecule has 27 heavy (non-hydrogen) atoms. The van der Waals surface area contributed by atoms with E-state index in [9.17, 15) is 0 Å². The third-order valence-electron chi connectivity index (χ3n) is 5.17. The molecular formula is C22H25N3OS. The maximum Gasteiger partial charge on any atom is 0.125 e. The number of aromatic nitrogens is 2. The summed E-state index contributed by atoms with van der Waals surface area (Å²) in [6, 6.07) is 14.7. The van der Waals surface area contributed by atoms with Crippen LogP contribution in [0.3, 0.4) is 0 Å². The minimum absolute atomic E-state index is 0.257. The summed E-state index contributed by atoms with van der Waals surface area (Å²) in [4.78, 5) is 12.7. The molecule has 0 unspecified atom stereocenters. The Morgan fingerprint density at radius 2 is 1.89 bits per heavy atom. The molecule has 1 aromatic carbocycles. The number of hydrogen-bond donors (Lipinski definition) is 0. The second kappa shape index (κ2) is 8.30. The number of benzene rings is 1. The number of likely N-dealkylation sites (tertiary alicyclic amines) is 1. The van der Waals surface area contributed by atoms with Crippen LogP contribution < -0.4 is 0 Å². The first-order valence-electron chi connectivity index (χ1n) is 9.56. The number of nitrogens with zero attached hydrogens (tertiary/aromatic N) is 3. The van der Waals surface area contributed by atoms with E-state index >= 15 is 0 Å². The van der Waals surface area contributed by atoms with E-state index in [-0.39, 0.29) is 5.60 Å². The first-order valence-corrected chi connectivity index (χ1v) is 10.4. The first kappa shape index (κ1) is 18.3. The van der Waals surface area contributed by atoms with Gasteiger partial charge >= 0.3 is 0 Å². The van der Waals surface area contributed by atoms with Gasteiger partial charge in [-0.2, -0.15) is 0 Å². The average molecular weight is 380 g/mol. The predicted molar refractivity (Wildman–Crippen MR) is 110 cm³/mol. The predicted octanol–water partition coefficient (Wildman–Crippen LogP) is 4.73. The van der Waals surface area contributed by atoms with Gasteiger partial charge < -0.3 is 4.74 Å². The molecule has 3 aromatic rings. The summed E-state index contributed by atoms with van der Waals surface area (Å²) in [5.41, 5.74) is 2.23. The van der Waals surface area contributed by atoms with Crippen molar-refractivity contribution in [2.45, 2.75) is 31.9 Å². The summed E-state index contributed by atoms with van der Waals surface area (Å²) in [6.45, 7) is 5.84. The van der Waals surface area contributed by atoms with Crippen molar-refractivity contribution in [2.24, 2.45) is 0 Å². The molecule has 3 heterocycles. The van der Waals surface area contributed by atoms with Crippen LogP contribution in [-0.2, 0) is 16.9 Å². The summed E-state index contributed by atoms with van der Waals surface area (Å²) < 4.78 is 6.31. The molecule has 1 aliphatic rings. The van der Waals surface area contributed by atoms with E-state index in [1.54, 1.807) is 17.5 Å². The van der Waals surface area contributed by atoms with Gasteiger partial charge in [-0.15, -0.1) is 11.3 Å². The van der Waals surface area contributed by atoms with Gasteiger partial charge in [0.25, 0.3) is 0 Å². The van der Waals surface area contributed by atoms with Gasteiger partial charge in [0.1, 0.15) is 10.6 Å². The summed E-state index contributed by atoms with van der Waals surface area (Å²) in [6.07, 6.45) is 7.62. The topological polar surface area (TPSA) is 38.3 Å². The summed E-state index contributed by atoms with van der Waals surface area (Å²) >= 11 is 1.74. The van der Waals surface area contributed by atoms with Crippen molar-refractivity contribution in [3.63, 3.8) is 0 Å². The van der Waals surface area contributed by atoms with Gasteiger partial charge in [-0.1, -0.05) is 36.4 Å². The number of hydrogen-bond acceptors (Lipinski definition) is 5. The molecule has 0 N–H and O–H groups in total. The molecule has 140 valence electrons. The van der Waals surface area contributed by atoms with Crippen LogP contribution >= 0.6 is 11.3 Å². The molecule has 0 spiro atoms. The van der Waals surface area contributed by atoms with Gasteiger partial charge in [0.2, 0.25) is 0 Å². The Morgan fingerprint density at radius 1 is 1.07 bits per heavy atom. The zero-order valence-electron chi connectivity index (χ0n) is 15.7. The quantitative estimate of drug-likeness (QED) is 0.620. The molecule has 0 saturated carbocycles. The van der Waals surface area contributed by atoms with Gasteiger partial charge in [-0.05, 0) is 31.4 Å². The lowest BCUT2D eigenvalue weighted by atomic mass is 9.91. The highest BCUT2D eigenvalue weighted by molar-refractivity contribution is 7.15. The van der Waals surface area contributed by atoms with Crippen LogP contribution in [0.1, 0.15) is 30.3 Å². The number of pyridine rings is 1. The highest BCUT2D eigenvalue weighted by Crippen LogP contribution is 2.41. The Labute approximate surface area is 164 Å². The Balaban J connectivity index is 1.49. The largest absolute Gasteiger partial charge is 0.368 e. The normalized spacial score (nSPS) is 17.1. The average Bonchev–Trinajstić information content (AvgIpc) is 3.22. The number of thiazole rings is 1. The Bertz CT molecular complexity index is 842. The third-order valence-corrected chi connectivity index (χ3v) is 6.41. The summed E-state index contributed by atoms with van der Waals surface area (Å²) in [5, 5.41) is 1.10. The molecule has 0 amide bonds. The van der Waals surface area contributed by atoms with Crippen LogP contribution in [0.4, 0.5) is 0 Å². The lowest BCUT2D eigenvalue weighted by Crippen LogP contribution is -2.43. The van der Waals surface area contributed by atoms with Gasteiger partial charge in [0, 0.05) is 50.4 Å². The van der Waals surface area contributed by atoms with Crippen molar-refractivity contribution in [2.75, 3.05) is 19.7 Å². The van der Waals surface area contributed by atoms with Crippen LogP contribution in [0.25, 0.3) is 10.4 Å². The van der Waals surface area contributed by atoms with Crippen molar-refractivity contribution >= 4 is 11.3 Å². The molecule has 4 rings (SSSR count). The minimum atomic E-state index is -0.257. The fraction of sp³-hybridized carbons (Fsp3) is 0.364. The van der Waals surface area contributed by atoms with E-state index in [0.717, 1.165) is 47.9 Å². The smallest absolute Gasteiger partial charge is 0.125 e. The van der Waals surface area contributed by atoms with E-state index in [2.05, 4.69) is 53.2 Å². The Morgan fingerprint density at radius 3 is 2.59 bits per heavy atom. The minimum Gasteiger partial charge on any atom is -0.368 e. The van der Waals surface area contributed by atoms with Crippen molar-refractivity contribution in [3.8, 4) is 10.4 Å². The summed E-state index contributed by atoms with van der Waals surface area (Å²) in [7, 11) is 0. The van der Waals surface area contributed by atoms with Crippen LogP contribution in [-0.4, -0.2) is 34.6 Å². The fourth-order valence-electron chi connectivity index (χ4n) is 3.74. The fourth-order valence-corrected chi connectivity index (χ4v) is 4.84. The van der Waals surface area contributed by atoms with E-state index in [4.69, 9.17) is 9.72 Å². The molecule has 2 aromatic heterocycles. The molecule has 0 atom stereocenters. The molecule has 4 nitrogen and oxygen atoms in total. The van der Waals surface area contributed by atoms with Gasteiger partial charge in [-0.25, -0.2) is 4.98 Å². The maximum absolute atomic E-state index is 6.31. The molecule has 0 aliphatic carbocycles. The molecular weight excluding hydrogens is 354 g/mol. The second-order valence-electron chi connectivity index (χ2n) is 6.96. The second-order valence-corrected chi connectivity index (χ2v) is 7.99. The highest BCUT2D eigenvalue weighted by Gasteiger charge is 2.39. The third kappa shape index (κ3) is 4.10. The van der Waals surface area contributed by atoms with Crippen LogP contribution in [0, 0.1) is 0 Å². The highest BCUT2D eigenvalue weighted by atomic mass is 32.1.